The molecule has 2 nitrogen and oxygen atoms in total. The third-order valence-electron chi connectivity index (χ3n) is 3.25. The average molecular weight is 218 g/mol. The number of benzene rings is 1. The number of carbonyl (C=O) groups is 1. The third-order valence-corrected chi connectivity index (χ3v) is 3.25. The molecule has 1 aromatic rings. The molecule has 1 atom stereocenters. The Balaban J connectivity index is 2.18. The van der Waals surface area contributed by atoms with Crippen molar-refractivity contribution in [2.45, 2.75) is 45.1 Å². The lowest BCUT2D eigenvalue weighted by Gasteiger charge is -2.23. The molecule has 1 heterocycles. The van der Waals surface area contributed by atoms with Crippen LogP contribution in [0.4, 0.5) is 0 Å². The van der Waals surface area contributed by atoms with Crippen molar-refractivity contribution in [3.05, 3.63) is 35.4 Å². The van der Waals surface area contributed by atoms with Gasteiger partial charge in [0, 0.05) is 12.8 Å². The third kappa shape index (κ3) is 2.11. The van der Waals surface area contributed by atoms with Crippen LogP contribution in [0.2, 0.25) is 0 Å². The van der Waals surface area contributed by atoms with E-state index in [1.165, 1.54) is 5.56 Å². The van der Waals surface area contributed by atoms with E-state index in [1.54, 1.807) is 0 Å². The highest BCUT2D eigenvalue weighted by molar-refractivity contribution is 5.72. The van der Waals surface area contributed by atoms with E-state index in [4.69, 9.17) is 4.74 Å². The Morgan fingerprint density at radius 2 is 2.00 bits per heavy atom. The molecule has 0 N–H and O–H groups in total. The lowest BCUT2D eigenvalue weighted by atomic mass is 9.92. The average Bonchev–Trinajstić information content (AvgIpc) is 2.61. The largest absolute Gasteiger partial charge is 0.454 e. The van der Waals surface area contributed by atoms with Gasteiger partial charge in [0.25, 0.3) is 0 Å². The number of esters is 1. The second kappa shape index (κ2) is 4.28. The summed E-state index contributed by atoms with van der Waals surface area (Å²) >= 11 is 0. The molecule has 16 heavy (non-hydrogen) atoms. The van der Waals surface area contributed by atoms with Crippen LogP contribution in [0.3, 0.4) is 0 Å². The van der Waals surface area contributed by atoms with Crippen LogP contribution < -0.4 is 0 Å². The summed E-state index contributed by atoms with van der Waals surface area (Å²) in [6, 6.07) is 8.44. The quantitative estimate of drug-likeness (QED) is 0.728. The maximum atomic E-state index is 11.2. The van der Waals surface area contributed by atoms with Gasteiger partial charge < -0.3 is 4.74 Å². The van der Waals surface area contributed by atoms with Crippen LogP contribution in [0.5, 0.6) is 0 Å². The predicted octanol–water partition coefficient (Wildman–Crippen LogP) is 3.19. The Bertz CT molecular complexity index is 380. The van der Waals surface area contributed by atoms with E-state index < -0.39 is 5.60 Å². The zero-order valence-corrected chi connectivity index (χ0v) is 9.95. The van der Waals surface area contributed by atoms with Crippen molar-refractivity contribution in [2.75, 3.05) is 0 Å². The molecule has 0 saturated carbocycles. The van der Waals surface area contributed by atoms with Gasteiger partial charge in [-0.25, -0.2) is 0 Å². The first-order chi connectivity index (χ1) is 7.64. The first-order valence-corrected chi connectivity index (χ1v) is 5.95. The minimum absolute atomic E-state index is 0.0832. The number of hydrogen-bond acceptors (Lipinski definition) is 2. The molecular formula is C14H18O2. The van der Waals surface area contributed by atoms with Crippen LogP contribution in [0.1, 0.15) is 44.2 Å². The molecule has 0 aromatic heterocycles. The van der Waals surface area contributed by atoms with Gasteiger partial charge in [-0.2, -0.15) is 0 Å². The molecule has 0 aliphatic carbocycles. The van der Waals surface area contributed by atoms with Crippen molar-refractivity contribution in [3.8, 4) is 0 Å². The Hall–Kier alpha value is -1.31. The van der Waals surface area contributed by atoms with Crippen molar-refractivity contribution in [1.29, 1.82) is 0 Å². The van der Waals surface area contributed by atoms with Gasteiger partial charge in [0.2, 0.25) is 0 Å². The molecule has 86 valence electrons. The highest BCUT2D eigenvalue weighted by Gasteiger charge is 2.37. The van der Waals surface area contributed by atoms with E-state index in [2.05, 4.69) is 31.2 Å². The monoisotopic (exact) mass is 218 g/mol. The number of cyclic esters (lactones) is 1. The summed E-state index contributed by atoms with van der Waals surface area (Å²) in [7, 11) is 0. The topological polar surface area (TPSA) is 26.3 Å². The van der Waals surface area contributed by atoms with Crippen LogP contribution in [0.15, 0.2) is 24.3 Å². The fraction of sp³-hybridized carbons (Fsp3) is 0.500. The molecule has 1 aliphatic rings. The molecule has 2 heteroatoms. The summed E-state index contributed by atoms with van der Waals surface area (Å²) in [6.07, 6.45) is 3.59. The molecular weight excluding hydrogens is 200 g/mol. The molecule has 0 radical (unpaired) electrons. The minimum Gasteiger partial charge on any atom is -0.454 e. The SMILES string of the molecule is CCCc1ccc(C2(C)CCC(=O)O2)cc1. The molecule has 0 amide bonds. The summed E-state index contributed by atoms with van der Waals surface area (Å²) in [5.41, 5.74) is 2.05. The summed E-state index contributed by atoms with van der Waals surface area (Å²) in [6.45, 7) is 4.17. The predicted molar refractivity (Wildman–Crippen MR) is 63.1 cm³/mol. The van der Waals surface area contributed by atoms with Gasteiger partial charge in [0.15, 0.2) is 0 Å². The van der Waals surface area contributed by atoms with Crippen molar-refractivity contribution >= 4 is 5.97 Å². The summed E-state index contributed by atoms with van der Waals surface area (Å²) in [5, 5.41) is 0. The fourth-order valence-corrected chi connectivity index (χ4v) is 2.21. The molecule has 1 aliphatic heterocycles. The normalized spacial score (nSPS) is 24.5. The van der Waals surface area contributed by atoms with Crippen LogP contribution in [-0.4, -0.2) is 5.97 Å². The van der Waals surface area contributed by atoms with Crippen molar-refractivity contribution < 1.29 is 9.53 Å². The van der Waals surface area contributed by atoms with Crippen molar-refractivity contribution in [1.82, 2.24) is 0 Å². The van der Waals surface area contributed by atoms with Gasteiger partial charge in [-0.05, 0) is 24.5 Å². The second-order valence-electron chi connectivity index (χ2n) is 4.65. The fourth-order valence-electron chi connectivity index (χ4n) is 2.21. The number of rotatable bonds is 3. The molecule has 0 spiro atoms. The van der Waals surface area contributed by atoms with Gasteiger partial charge in [0.05, 0.1) is 0 Å². The molecule has 1 saturated heterocycles. The van der Waals surface area contributed by atoms with Gasteiger partial charge in [0.1, 0.15) is 5.60 Å². The standard InChI is InChI=1S/C14H18O2/c1-3-4-11-5-7-12(8-6-11)14(2)10-9-13(15)16-14/h5-8H,3-4,9-10H2,1-2H3. The molecule has 0 bridgehead atoms. The zero-order valence-electron chi connectivity index (χ0n) is 9.95. The number of carbonyl (C=O) groups excluding carboxylic acids is 1. The van der Waals surface area contributed by atoms with Gasteiger partial charge in [-0.3, -0.25) is 4.79 Å². The first kappa shape index (κ1) is 11.2. The van der Waals surface area contributed by atoms with E-state index in [0.29, 0.717) is 6.42 Å². The Morgan fingerprint density at radius 1 is 1.31 bits per heavy atom. The highest BCUT2D eigenvalue weighted by Crippen LogP contribution is 2.36. The van der Waals surface area contributed by atoms with Gasteiger partial charge >= 0.3 is 5.97 Å². The highest BCUT2D eigenvalue weighted by atomic mass is 16.6. The Labute approximate surface area is 96.6 Å². The van der Waals surface area contributed by atoms with Crippen molar-refractivity contribution in [3.63, 3.8) is 0 Å². The molecule has 1 fully saturated rings. The number of aryl methyl sites for hydroxylation is 1. The Kier molecular flexibility index (Phi) is 2.99. The lowest BCUT2D eigenvalue weighted by molar-refractivity contribution is -0.147. The van der Waals surface area contributed by atoms with Crippen LogP contribution in [0, 0.1) is 0 Å². The second-order valence-corrected chi connectivity index (χ2v) is 4.65. The lowest BCUT2D eigenvalue weighted by Crippen LogP contribution is -2.20. The zero-order chi connectivity index (χ0) is 11.6. The summed E-state index contributed by atoms with van der Waals surface area (Å²) in [5.74, 6) is -0.0832. The molecule has 2 rings (SSSR count). The minimum atomic E-state index is -0.401. The Morgan fingerprint density at radius 3 is 2.50 bits per heavy atom. The van der Waals surface area contributed by atoms with Gasteiger partial charge in [-0.1, -0.05) is 37.6 Å². The number of hydrogen-bond donors (Lipinski definition) is 0. The van der Waals surface area contributed by atoms with Crippen LogP contribution in [0.25, 0.3) is 0 Å². The van der Waals surface area contributed by atoms with E-state index in [1.807, 2.05) is 6.92 Å². The van der Waals surface area contributed by atoms with E-state index >= 15 is 0 Å². The van der Waals surface area contributed by atoms with Crippen LogP contribution in [-0.2, 0) is 21.6 Å². The molecule has 1 aromatic carbocycles. The van der Waals surface area contributed by atoms with E-state index in [0.717, 1.165) is 24.8 Å². The number of ether oxygens (including phenoxy) is 1. The van der Waals surface area contributed by atoms with Crippen LogP contribution >= 0.6 is 0 Å². The molecule has 1 unspecified atom stereocenters. The summed E-state index contributed by atoms with van der Waals surface area (Å²) in [4.78, 5) is 11.2. The van der Waals surface area contributed by atoms with E-state index in [9.17, 15) is 4.79 Å². The maximum absolute atomic E-state index is 11.2. The van der Waals surface area contributed by atoms with E-state index in [-0.39, 0.29) is 5.97 Å². The smallest absolute Gasteiger partial charge is 0.306 e. The van der Waals surface area contributed by atoms with Crippen molar-refractivity contribution in [2.24, 2.45) is 0 Å². The summed E-state index contributed by atoms with van der Waals surface area (Å²) < 4.78 is 5.40. The van der Waals surface area contributed by atoms with Gasteiger partial charge in [-0.15, -0.1) is 0 Å². The maximum Gasteiger partial charge on any atom is 0.306 e. The first-order valence-electron chi connectivity index (χ1n) is 5.95.